The molecule has 2 amide bonds. The highest BCUT2D eigenvalue weighted by molar-refractivity contribution is 6.00. The minimum absolute atomic E-state index is 0.0115. The summed E-state index contributed by atoms with van der Waals surface area (Å²) in [7, 11) is 0. The van der Waals surface area contributed by atoms with Crippen molar-refractivity contribution < 1.29 is 14.3 Å². The van der Waals surface area contributed by atoms with Gasteiger partial charge in [0.05, 0.1) is 12.0 Å². The van der Waals surface area contributed by atoms with Gasteiger partial charge >= 0.3 is 0 Å². The molecule has 0 bridgehead atoms. The molecule has 0 saturated carbocycles. The van der Waals surface area contributed by atoms with E-state index in [1.807, 2.05) is 69.3 Å². The van der Waals surface area contributed by atoms with Crippen molar-refractivity contribution in [2.24, 2.45) is 5.92 Å². The van der Waals surface area contributed by atoms with Crippen LogP contribution in [0.3, 0.4) is 0 Å². The molecule has 1 aliphatic heterocycles. The van der Waals surface area contributed by atoms with Crippen molar-refractivity contribution in [2.75, 3.05) is 11.4 Å². The Kier molecular flexibility index (Phi) is 5.79. The van der Waals surface area contributed by atoms with Crippen LogP contribution in [0, 0.1) is 12.8 Å². The Morgan fingerprint density at radius 1 is 1.19 bits per heavy atom. The second-order valence-electron chi connectivity index (χ2n) is 7.23. The molecule has 2 aromatic rings. The Morgan fingerprint density at radius 2 is 1.89 bits per heavy atom. The van der Waals surface area contributed by atoms with Crippen molar-refractivity contribution in [1.29, 1.82) is 0 Å². The molecule has 1 aliphatic rings. The normalized spacial score (nSPS) is 16.7. The molecule has 0 spiro atoms. The monoisotopic (exact) mass is 366 g/mol. The molecule has 5 heteroatoms. The summed E-state index contributed by atoms with van der Waals surface area (Å²) >= 11 is 0. The Balaban J connectivity index is 1.61. The molecule has 1 heterocycles. The summed E-state index contributed by atoms with van der Waals surface area (Å²) in [6, 6.07) is 15.5. The van der Waals surface area contributed by atoms with Gasteiger partial charge in [-0.25, -0.2) is 0 Å². The van der Waals surface area contributed by atoms with Crippen LogP contribution in [0.1, 0.15) is 31.4 Å². The Hall–Kier alpha value is -2.82. The summed E-state index contributed by atoms with van der Waals surface area (Å²) in [4.78, 5) is 26.6. The van der Waals surface area contributed by atoms with Crippen molar-refractivity contribution in [1.82, 2.24) is 5.32 Å². The van der Waals surface area contributed by atoms with E-state index in [9.17, 15) is 9.59 Å². The van der Waals surface area contributed by atoms with E-state index in [0.29, 0.717) is 13.1 Å². The van der Waals surface area contributed by atoms with Gasteiger partial charge in [-0.1, -0.05) is 35.9 Å². The lowest BCUT2D eigenvalue weighted by Gasteiger charge is -2.17. The van der Waals surface area contributed by atoms with Crippen LogP contribution < -0.4 is 15.0 Å². The maximum absolute atomic E-state index is 12.6. The van der Waals surface area contributed by atoms with Crippen molar-refractivity contribution in [3.8, 4) is 5.75 Å². The van der Waals surface area contributed by atoms with Gasteiger partial charge in [0.15, 0.2) is 0 Å². The number of rotatable bonds is 6. The zero-order valence-corrected chi connectivity index (χ0v) is 16.1. The molecular weight excluding hydrogens is 340 g/mol. The fourth-order valence-electron chi connectivity index (χ4n) is 3.20. The highest BCUT2D eigenvalue weighted by Crippen LogP contribution is 2.26. The smallest absolute Gasteiger partial charge is 0.227 e. The summed E-state index contributed by atoms with van der Waals surface area (Å²) < 4.78 is 5.79. The van der Waals surface area contributed by atoms with E-state index < -0.39 is 0 Å². The van der Waals surface area contributed by atoms with Crippen LogP contribution in [0.25, 0.3) is 0 Å². The first-order valence-electron chi connectivity index (χ1n) is 9.33. The molecule has 0 radical (unpaired) electrons. The fraction of sp³-hybridized carbons (Fsp3) is 0.364. The van der Waals surface area contributed by atoms with Crippen molar-refractivity contribution in [3.63, 3.8) is 0 Å². The number of amides is 2. The summed E-state index contributed by atoms with van der Waals surface area (Å²) in [5.41, 5.74) is 2.91. The Labute approximate surface area is 160 Å². The molecule has 0 aromatic heterocycles. The predicted molar refractivity (Wildman–Crippen MR) is 106 cm³/mol. The third kappa shape index (κ3) is 4.67. The minimum atomic E-state index is -0.336. The lowest BCUT2D eigenvalue weighted by Crippen LogP contribution is -2.32. The SMILES string of the molecule is Cc1ccc(N2C[C@H](C(=O)NCc3ccccc3OC(C)C)CC2=O)cc1. The number of hydrogen-bond donors (Lipinski definition) is 1. The van der Waals surface area contributed by atoms with E-state index in [1.54, 1.807) is 4.90 Å². The van der Waals surface area contributed by atoms with E-state index in [0.717, 1.165) is 22.6 Å². The van der Waals surface area contributed by atoms with Crippen molar-refractivity contribution >= 4 is 17.5 Å². The predicted octanol–water partition coefficient (Wildman–Crippen LogP) is 3.45. The number of carbonyl (C=O) groups is 2. The summed E-state index contributed by atoms with van der Waals surface area (Å²) in [6.07, 6.45) is 0.307. The number of nitrogens with zero attached hydrogens (tertiary/aromatic N) is 1. The highest BCUT2D eigenvalue weighted by atomic mass is 16.5. The van der Waals surface area contributed by atoms with Crippen LogP contribution >= 0.6 is 0 Å². The number of para-hydroxylation sites is 1. The van der Waals surface area contributed by atoms with Gasteiger partial charge in [-0.05, 0) is 39.0 Å². The number of nitrogens with one attached hydrogen (secondary N) is 1. The van der Waals surface area contributed by atoms with E-state index in [4.69, 9.17) is 4.74 Å². The van der Waals surface area contributed by atoms with Crippen LogP contribution in [-0.4, -0.2) is 24.5 Å². The quantitative estimate of drug-likeness (QED) is 0.852. The van der Waals surface area contributed by atoms with Crippen LogP contribution in [0.4, 0.5) is 5.69 Å². The third-order valence-corrected chi connectivity index (χ3v) is 4.63. The first-order valence-corrected chi connectivity index (χ1v) is 9.33. The van der Waals surface area contributed by atoms with Gasteiger partial charge < -0.3 is 15.0 Å². The molecule has 0 aliphatic carbocycles. The molecule has 1 N–H and O–H groups in total. The molecule has 142 valence electrons. The molecule has 5 nitrogen and oxygen atoms in total. The minimum Gasteiger partial charge on any atom is -0.491 e. The van der Waals surface area contributed by atoms with E-state index >= 15 is 0 Å². The van der Waals surface area contributed by atoms with E-state index in [2.05, 4.69) is 5.32 Å². The summed E-state index contributed by atoms with van der Waals surface area (Å²) in [5, 5.41) is 2.96. The van der Waals surface area contributed by atoms with Crippen LogP contribution in [-0.2, 0) is 16.1 Å². The van der Waals surface area contributed by atoms with Crippen LogP contribution in [0.5, 0.6) is 5.75 Å². The van der Waals surface area contributed by atoms with E-state index in [1.165, 1.54) is 0 Å². The molecule has 1 saturated heterocycles. The Morgan fingerprint density at radius 3 is 2.59 bits per heavy atom. The summed E-state index contributed by atoms with van der Waals surface area (Å²) in [5.74, 6) is 0.327. The molecule has 1 fully saturated rings. The second-order valence-corrected chi connectivity index (χ2v) is 7.23. The lowest BCUT2D eigenvalue weighted by molar-refractivity contribution is -0.126. The van der Waals surface area contributed by atoms with Gasteiger partial charge in [0.25, 0.3) is 0 Å². The van der Waals surface area contributed by atoms with Gasteiger partial charge in [-0.15, -0.1) is 0 Å². The van der Waals surface area contributed by atoms with Crippen molar-refractivity contribution in [2.45, 2.75) is 39.8 Å². The van der Waals surface area contributed by atoms with Gasteiger partial charge in [0.1, 0.15) is 5.75 Å². The zero-order valence-electron chi connectivity index (χ0n) is 16.1. The van der Waals surface area contributed by atoms with Crippen LogP contribution in [0.2, 0.25) is 0 Å². The van der Waals surface area contributed by atoms with Crippen LogP contribution in [0.15, 0.2) is 48.5 Å². The zero-order chi connectivity index (χ0) is 19.4. The Bertz CT molecular complexity index is 815. The average molecular weight is 366 g/mol. The number of hydrogen-bond acceptors (Lipinski definition) is 3. The van der Waals surface area contributed by atoms with Gasteiger partial charge in [-0.3, -0.25) is 9.59 Å². The van der Waals surface area contributed by atoms with E-state index in [-0.39, 0.29) is 30.3 Å². The standard InChI is InChI=1S/C22H26N2O3/c1-15(2)27-20-7-5-4-6-17(20)13-23-22(26)18-12-21(25)24(14-18)19-10-8-16(3)9-11-19/h4-11,15,18H,12-14H2,1-3H3,(H,23,26)/t18-/m1/s1. The molecule has 1 atom stereocenters. The van der Waals surface area contributed by atoms with Crippen molar-refractivity contribution in [3.05, 3.63) is 59.7 Å². The molecule has 2 aromatic carbocycles. The number of ether oxygens (including phenoxy) is 1. The molecule has 3 rings (SSSR count). The number of aryl methyl sites for hydroxylation is 1. The maximum atomic E-state index is 12.6. The number of benzene rings is 2. The topological polar surface area (TPSA) is 58.6 Å². The largest absolute Gasteiger partial charge is 0.491 e. The lowest BCUT2D eigenvalue weighted by atomic mass is 10.1. The molecule has 27 heavy (non-hydrogen) atoms. The van der Waals surface area contributed by atoms with Gasteiger partial charge in [0.2, 0.25) is 11.8 Å². The average Bonchev–Trinajstić information content (AvgIpc) is 3.03. The first kappa shape index (κ1) is 19.0. The maximum Gasteiger partial charge on any atom is 0.227 e. The second kappa shape index (κ2) is 8.25. The fourth-order valence-corrected chi connectivity index (χ4v) is 3.20. The van der Waals surface area contributed by atoms with Gasteiger partial charge in [-0.2, -0.15) is 0 Å². The van der Waals surface area contributed by atoms with Gasteiger partial charge in [0, 0.05) is 30.8 Å². The molecule has 0 unspecified atom stereocenters. The molecular formula is C22H26N2O3. The first-order chi connectivity index (χ1) is 12.9. The summed E-state index contributed by atoms with van der Waals surface area (Å²) in [6.45, 7) is 6.75. The number of anilines is 1. The third-order valence-electron chi connectivity index (χ3n) is 4.63. The highest BCUT2D eigenvalue weighted by Gasteiger charge is 2.35. The number of carbonyl (C=O) groups excluding carboxylic acids is 2.